The van der Waals surface area contributed by atoms with Crippen LogP contribution < -0.4 is 11.5 Å². The first-order chi connectivity index (χ1) is 3.68. The van der Waals surface area contributed by atoms with Gasteiger partial charge in [0.1, 0.15) is 0 Å². The summed E-state index contributed by atoms with van der Waals surface area (Å²) in [6.45, 7) is 3.26. The van der Waals surface area contributed by atoms with Crippen molar-refractivity contribution in [2.45, 2.75) is 13.0 Å². The molecule has 8 heavy (non-hydrogen) atoms. The Hall–Kier alpha value is 1.16. The molecule has 0 saturated heterocycles. The second kappa shape index (κ2) is 11.0. The van der Waals surface area contributed by atoms with Gasteiger partial charge in [0, 0.05) is 0 Å². The Morgan fingerprint density at radius 2 is 1.75 bits per heavy atom. The normalized spacial score (nSPS) is 12.1. The van der Waals surface area contributed by atoms with Crippen LogP contribution in [0, 0.1) is 6.54 Å². The van der Waals surface area contributed by atoms with Crippen molar-refractivity contribution in [1.29, 1.82) is 0 Å². The Balaban J connectivity index is 0. The minimum absolute atomic E-state index is 0.0370. The zero-order chi connectivity index (χ0) is 6.99. The van der Waals surface area contributed by atoms with Gasteiger partial charge in [0.2, 0.25) is 0 Å². The van der Waals surface area contributed by atoms with Crippen LogP contribution in [0.1, 0.15) is 6.92 Å². The van der Waals surface area contributed by atoms with Gasteiger partial charge in [0.25, 0.3) is 0 Å². The molecule has 0 amide bonds. The van der Waals surface area contributed by atoms with Crippen LogP contribution in [0.5, 0.6) is 0 Å². The molecule has 2 nitrogen and oxygen atoms in total. The van der Waals surface area contributed by atoms with Gasteiger partial charge in [-0.15, -0.1) is 6.04 Å². The van der Waals surface area contributed by atoms with Crippen LogP contribution in [0.25, 0.3) is 0 Å². The van der Waals surface area contributed by atoms with E-state index in [0.717, 1.165) is 0 Å². The Morgan fingerprint density at radius 3 is 1.75 bits per heavy atom. The molecule has 1 unspecified atom stereocenters. The third-order valence-electron chi connectivity index (χ3n) is 0.304. The average Bonchev–Trinajstić information content (AvgIpc) is 1.69. The summed E-state index contributed by atoms with van der Waals surface area (Å²) < 4.78 is 0. The van der Waals surface area contributed by atoms with E-state index in [1.165, 1.54) is 6.54 Å². The summed E-state index contributed by atoms with van der Waals surface area (Å²) in [5.74, 6) is 0. The molecule has 1 atom stereocenters. The fourth-order valence-electron chi connectivity index (χ4n) is 0. The molecule has 4 N–H and O–H groups in total. The zero-order valence-corrected chi connectivity index (χ0v) is 7.45. The molecule has 0 aliphatic carbocycles. The maximum absolute atomic E-state index is 5.11. The Bertz CT molecular complexity index is 36.5. The summed E-state index contributed by atoms with van der Waals surface area (Å²) in [6, 6.07) is 0.0370. The predicted octanol–water partition coefficient (Wildman–Crippen LogP) is 0.831. The van der Waals surface area contributed by atoms with E-state index in [1.54, 1.807) is 0 Å². The van der Waals surface area contributed by atoms with E-state index in [9.17, 15) is 0 Å². The fourth-order valence-corrected chi connectivity index (χ4v) is 0. The first-order valence-corrected chi connectivity index (χ1v) is 5.82. The molecule has 0 aliphatic rings. The van der Waals surface area contributed by atoms with Gasteiger partial charge < -0.3 is 11.5 Å². The Kier molecular flexibility index (Phi) is 16.4. The Labute approximate surface area is 66.0 Å². The van der Waals surface area contributed by atoms with E-state index in [-0.39, 0.29) is 22.0 Å². The molecule has 56 valence electrons. The molecule has 0 aromatic heterocycles. The second-order valence-electron chi connectivity index (χ2n) is 1.10. The molecule has 0 bridgehead atoms. The predicted molar refractivity (Wildman–Crippen MR) is 33.8 cm³/mol. The maximum atomic E-state index is 5.11. The summed E-state index contributed by atoms with van der Waals surface area (Å²) in [6.07, 6.45) is 0. The van der Waals surface area contributed by atoms with Crippen molar-refractivity contribution >= 4 is 19.1 Å². The molecular weight excluding hydrogens is 241 g/mol. The number of nitrogens with two attached hydrogens (primary N) is 2. The molecule has 0 spiro atoms. The van der Waals surface area contributed by atoms with E-state index >= 15 is 0 Å². The van der Waals surface area contributed by atoms with Gasteiger partial charge in [-0.3, -0.25) is 6.54 Å². The average molecular weight is 250 g/mol. The summed E-state index contributed by atoms with van der Waals surface area (Å²) >= 11 is -0.106. The zero-order valence-electron chi connectivity index (χ0n) is 4.38. The van der Waals surface area contributed by atoms with Gasteiger partial charge in [-0.1, -0.05) is 6.92 Å². The van der Waals surface area contributed by atoms with Crippen LogP contribution in [0.3, 0.4) is 0 Å². The fraction of sp³-hybridized carbons (Fsp3) is 0.667. The van der Waals surface area contributed by atoms with Gasteiger partial charge in [-0.25, -0.2) is 0 Å². The summed E-state index contributed by atoms with van der Waals surface area (Å²) in [7, 11) is 9.63. The van der Waals surface area contributed by atoms with Crippen molar-refractivity contribution in [3.8, 4) is 0 Å². The molecule has 0 heterocycles. The number of rotatable bonds is 1. The van der Waals surface area contributed by atoms with Crippen molar-refractivity contribution in [1.82, 2.24) is 0 Å². The molecule has 0 rings (SSSR count). The number of halogens is 2. The molecule has 5 heteroatoms. The van der Waals surface area contributed by atoms with E-state index in [0.29, 0.717) is 0 Å². The van der Waals surface area contributed by atoms with Gasteiger partial charge in [0.15, 0.2) is 0 Å². The summed E-state index contributed by atoms with van der Waals surface area (Å²) in [5.41, 5.74) is 10.0. The first-order valence-electron chi connectivity index (χ1n) is 1.82. The molecule has 0 aliphatic heterocycles. The van der Waals surface area contributed by atoms with Gasteiger partial charge in [0.05, 0.1) is 0 Å². The van der Waals surface area contributed by atoms with E-state index in [4.69, 9.17) is 30.5 Å². The van der Waals surface area contributed by atoms with Crippen LogP contribution in [-0.2, 0) is 15.9 Å². The molecule has 0 aromatic rings. The van der Waals surface area contributed by atoms with Crippen LogP contribution in [0.4, 0.5) is 0 Å². The van der Waals surface area contributed by atoms with Crippen LogP contribution in [-0.4, -0.2) is 6.04 Å². The Morgan fingerprint density at radius 1 is 1.62 bits per heavy atom. The molecule has 0 radical (unpaired) electrons. The van der Waals surface area contributed by atoms with Gasteiger partial charge in [-0.05, 0) is 0 Å². The molecule has 0 aromatic carbocycles. The quantitative estimate of drug-likeness (QED) is 0.535. The van der Waals surface area contributed by atoms with Crippen molar-refractivity contribution in [2.24, 2.45) is 11.5 Å². The third-order valence-corrected chi connectivity index (χ3v) is 0.304. The number of hydrogen-bond acceptors (Lipinski definition) is 2. The number of hydrogen-bond donors (Lipinski definition) is 2. The summed E-state index contributed by atoms with van der Waals surface area (Å²) in [4.78, 5) is 0. The van der Waals surface area contributed by atoms with Crippen LogP contribution in [0.15, 0.2) is 0 Å². The van der Waals surface area contributed by atoms with E-state index in [1.807, 2.05) is 6.92 Å². The molecule has 0 fully saturated rings. The minimum atomic E-state index is -0.106. The van der Waals surface area contributed by atoms with E-state index < -0.39 is 0 Å². The standard InChI is InChI=1S/C3H9N2.2ClH.Pd/c1-3(5)2-4;;;/h2-3H,4-5H2,1H3;2*1H;/q-1;;;+2/p-2. The monoisotopic (exact) mass is 249 g/mol. The van der Waals surface area contributed by atoms with Crippen molar-refractivity contribution in [3.63, 3.8) is 0 Å². The van der Waals surface area contributed by atoms with Crippen molar-refractivity contribution in [3.05, 3.63) is 6.54 Å². The second-order valence-corrected chi connectivity index (χ2v) is 3.46. The molecule has 0 saturated carbocycles. The first kappa shape index (κ1) is 11.9. The van der Waals surface area contributed by atoms with E-state index in [2.05, 4.69) is 0 Å². The van der Waals surface area contributed by atoms with Crippen molar-refractivity contribution in [2.75, 3.05) is 0 Å². The van der Waals surface area contributed by atoms with Crippen LogP contribution in [0.2, 0.25) is 0 Å². The molecular formula is C3H9Cl2N2Pd-. The van der Waals surface area contributed by atoms with Crippen molar-refractivity contribution < 1.29 is 15.9 Å². The van der Waals surface area contributed by atoms with Crippen LogP contribution >= 0.6 is 19.1 Å². The summed E-state index contributed by atoms with van der Waals surface area (Å²) in [5, 5.41) is 0. The third kappa shape index (κ3) is 27.2. The topological polar surface area (TPSA) is 52.0 Å². The van der Waals surface area contributed by atoms with Gasteiger partial charge >= 0.3 is 35.0 Å². The SMILES string of the molecule is CC(N)[CH-]N.[Cl][Pd][Cl]. The van der Waals surface area contributed by atoms with Gasteiger partial charge in [-0.2, -0.15) is 0 Å².